The molecule has 0 aromatic heterocycles. The summed E-state index contributed by atoms with van der Waals surface area (Å²) in [5, 5.41) is 11.5. The van der Waals surface area contributed by atoms with E-state index >= 15 is 0 Å². The molecule has 6 heteroatoms. The van der Waals surface area contributed by atoms with E-state index in [4.69, 9.17) is 5.11 Å². The molecule has 150 valence electrons. The van der Waals surface area contributed by atoms with Crippen LogP contribution >= 0.6 is 11.8 Å². The van der Waals surface area contributed by atoms with Crippen LogP contribution in [0.2, 0.25) is 0 Å². The summed E-state index contributed by atoms with van der Waals surface area (Å²) in [6.07, 6.45) is 4.25. The summed E-state index contributed by atoms with van der Waals surface area (Å²) >= 11 is 1.43. The van der Waals surface area contributed by atoms with Crippen molar-refractivity contribution in [1.29, 1.82) is 0 Å². The standard InChI is InChI=1S/C20H35NO4S/c1-13(2)9-17(22)16-7-5-15(6-8-16)11-21-20(25)18(10-19(23)24)26-12-14(3)4/h13-16,18H,5-12H2,1-4H3,(H,21,25)(H,23,24). The van der Waals surface area contributed by atoms with E-state index in [1.54, 1.807) is 0 Å². The van der Waals surface area contributed by atoms with Gasteiger partial charge in [-0.15, -0.1) is 11.8 Å². The van der Waals surface area contributed by atoms with Gasteiger partial charge in [0.1, 0.15) is 5.78 Å². The molecule has 1 unspecified atom stereocenters. The zero-order valence-electron chi connectivity index (χ0n) is 16.6. The van der Waals surface area contributed by atoms with Gasteiger partial charge in [0, 0.05) is 18.9 Å². The maximum atomic E-state index is 12.4. The van der Waals surface area contributed by atoms with Crippen LogP contribution in [-0.4, -0.2) is 40.3 Å². The number of thioether (sulfide) groups is 1. The van der Waals surface area contributed by atoms with Crippen molar-refractivity contribution in [3.63, 3.8) is 0 Å². The van der Waals surface area contributed by atoms with Crippen molar-refractivity contribution in [2.75, 3.05) is 12.3 Å². The first-order valence-electron chi connectivity index (χ1n) is 9.82. The van der Waals surface area contributed by atoms with Gasteiger partial charge in [0.15, 0.2) is 0 Å². The van der Waals surface area contributed by atoms with Crippen LogP contribution in [0, 0.1) is 23.7 Å². The van der Waals surface area contributed by atoms with E-state index in [0.717, 1.165) is 31.4 Å². The Morgan fingerprint density at radius 2 is 1.62 bits per heavy atom. The molecule has 1 saturated carbocycles. The molecule has 0 heterocycles. The predicted molar refractivity (Wildman–Crippen MR) is 106 cm³/mol. The third-order valence-electron chi connectivity index (χ3n) is 4.76. The van der Waals surface area contributed by atoms with E-state index in [9.17, 15) is 14.4 Å². The van der Waals surface area contributed by atoms with Gasteiger partial charge < -0.3 is 10.4 Å². The number of carbonyl (C=O) groups is 3. The molecule has 1 atom stereocenters. The highest BCUT2D eigenvalue weighted by molar-refractivity contribution is 8.00. The van der Waals surface area contributed by atoms with Crippen LogP contribution in [0.15, 0.2) is 0 Å². The molecular formula is C20H35NO4S. The number of carboxylic acids is 1. The lowest BCUT2D eigenvalue weighted by molar-refractivity contribution is -0.138. The van der Waals surface area contributed by atoms with Crippen LogP contribution in [0.4, 0.5) is 0 Å². The molecule has 1 fully saturated rings. The Balaban J connectivity index is 2.39. The first-order valence-corrected chi connectivity index (χ1v) is 10.9. The fraction of sp³-hybridized carbons (Fsp3) is 0.850. The van der Waals surface area contributed by atoms with Gasteiger partial charge in [-0.3, -0.25) is 14.4 Å². The summed E-state index contributed by atoms with van der Waals surface area (Å²) in [5.74, 6) is 1.45. The lowest BCUT2D eigenvalue weighted by atomic mass is 9.78. The molecule has 0 aromatic carbocycles. The van der Waals surface area contributed by atoms with Crippen molar-refractivity contribution in [3.05, 3.63) is 0 Å². The third kappa shape index (κ3) is 9.06. The van der Waals surface area contributed by atoms with E-state index in [1.807, 2.05) is 0 Å². The normalized spacial score (nSPS) is 21.6. The molecule has 0 radical (unpaired) electrons. The zero-order chi connectivity index (χ0) is 19.7. The summed E-state index contributed by atoms with van der Waals surface area (Å²) in [7, 11) is 0. The van der Waals surface area contributed by atoms with Crippen LogP contribution in [0.5, 0.6) is 0 Å². The Kier molecular flexibility index (Phi) is 10.3. The number of Topliss-reactive ketones (excluding diaryl/α,β-unsaturated/α-hetero) is 1. The smallest absolute Gasteiger partial charge is 0.305 e. The van der Waals surface area contributed by atoms with Crippen molar-refractivity contribution in [3.8, 4) is 0 Å². The van der Waals surface area contributed by atoms with Gasteiger partial charge in [0.2, 0.25) is 5.91 Å². The quantitative estimate of drug-likeness (QED) is 0.566. The lowest BCUT2D eigenvalue weighted by Crippen LogP contribution is -2.38. The summed E-state index contributed by atoms with van der Waals surface area (Å²) < 4.78 is 0. The molecule has 0 spiro atoms. The molecule has 1 rings (SSSR count). The number of rotatable bonds is 11. The first kappa shape index (κ1) is 23.0. The van der Waals surface area contributed by atoms with Crippen molar-refractivity contribution in [2.45, 2.75) is 71.5 Å². The number of amides is 1. The predicted octanol–water partition coefficient (Wildman–Crippen LogP) is 3.76. The summed E-state index contributed by atoms with van der Waals surface area (Å²) in [6.45, 7) is 8.85. The molecular weight excluding hydrogens is 350 g/mol. The fourth-order valence-corrected chi connectivity index (χ4v) is 4.42. The number of hydrogen-bond donors (Lipinski definition) is 2. The average Bonchev–Trinajstić information content (AvgIpc) is 2.55. The number of carbonyl (C=O) groups excluding carboxylic acids is 2. The molecule has 5 nitrogen and oxygen atoms in total. The van der Waals surface area contributed by atoms with Crippen LogP contribution < -0.4 is 5.32 Å². The number of ketones is 1. The number of hydrogen-bond acceptors (Lipinski definition) is 4. The SMILES string of the molecule is CC(C)CSC(CC(=O)O)C(=O)NCC1CCC(C(=O)CC(C)C)CC1. The van der Waals surface area contributed by atoms with Crippen LogP contribution in [0.25, 0.3) is 0 Å². The third-order valence-corrected chi connectivity index (χ3v) is 6.40. The van der Waals surface area contributed by atoms with Gasteiger partial charge in [0.05, 0.1) is 11.7 Å². The van der Waals surface area contributed by atoms with Gasteiger partial charge in [-0.1, -0.05) is 27.7 Å². The van der Waals surface area contributed by atoms with E-state index in [2.05, 4.69) is 33.0 Å². The van der Waals surface area contributed by atoms with Gasteiger partial charge in [0.25, 0.3) is 0 Å². The van der Waals surface area contributed by atoms with E-state index < -0.39 is 11.2 Å². The second-order valence-corrected chi connectivity index (χ2v) is 9.58. The Morgan fingerprint density at radius 1 is 1.00 bits per heavy atom. The largest absolute Gasteiger partial charge is 0.481 e. The highest BCUT2D eigenvalue weighted by Crippen LogP contribution is 2.30. The monoisotopic (exact) mass is 385 g/mol. The minimum atomic E-state index is -0.939. The minimum absolute atomic E-state index is 0.139. The maximum absolute atomic E-state index is 12.4. The van der Waals surface area contributed by atoms with Gasteiger partial charge in [-0.05, 0) is 49.2 Å². The first-order chi connectivity index (χ1) is 12.2. The Morgan fingerprint density at radius 3 is 2.12 bits per heavy atom. The summed E-state index contributed by atoms with van der Waals surface area (Å²) in [6, 6.07) is 0. The fourth-order valence-electron chi connectivity index (χ4n) is 3.31. The van der Waals surface area contributed by atoms with Crippen molar-refractivity contribution >= 4 is 29.4 Å². The second-order valence-electron chi connectivity index (χ2n) is 8.34. The molecule has 0 aromatic rings. The number of aliphatic carboxylic acids is 1. The van der Waals surface area contributed by atoms with Gasteiger partial charge in [-0.2, -0.15) is 0 Å². The highest BCUT2D eigenvalue weighted by atomic mass is 32.2. The topological polar surface area (TPSA) is 83.5 Å². The van der Waals surface area contributed by atoms with Gasteiger partial charge >= 0.3 is 5.97 Å². The highest BCUT2D eigenvalue weighted by Gasteiger charge is 2.28. The molecule has 1 aliphatic carbocycles. The molecule has 0 aliphatic heterocycles. The van der Waals surface area contributed by atoms with Crippen molar-refractivity contribution in [2.24, 2.45) is 23.7 Å². The van der Waals surface area contributed by atoms with Crippen molar-refractivity contribution < 1.29 is 19.5 Å². The van der Waals surface area contributed by atoms with Crippen LogP contribution in [-0.2, 0) is 14.4 Å². The Hall–Kier alpha value is -1.04. The molecule has 26 heavy (non-hydrogen) atoms. The summed E-state index contributed by atoms with van der Waals surface area (Å²) in [5.41, 5.74) is 0. The maximum Gasteiger partial charge on any atom is 0.305 e. The molecule has 1 amide bonds. The minimum Gasteiger partial charge on any atom is -0.481 e. The molecule has 2 N–H and O–H groups in total. The van der Waals surface area contributed by atoms with Gasteiger partial charge in [-0.25, -0.2) is 0 Å². The van der Waals surface area contributed by atoms with Crippen molar-refractivity contribution in [1.82, 2.24) is 5.32 Å². The molecule has 1 aliphatic rings. The van der Waals surface area contributed by atoms with Crippen LogP contribution in [0.3, 0.4) is 0 Å². The second kappa shape index (κ2) is 11.6. The van der Waals surface area contributed by atoms with E-state index in [-0.39, 0.29) is 18.2 Å². The molecule has 0 bridgehead atoms. The number of carboxylic acid groups (broad SMARTS) is 1. The number of nitrogens with one attached hydrogen (secondary N) is 1. The average molecular weight is 386 g/mol. The Labute approximate surface area is 162 Å². The molecule has 0 saturated heterocycles. The Bertz CT molecular complexity index is 470. The van der Waals surface area contributed by atoms with Crippen LogP contribution in [0.1, 0.15) is 66.2 Å². The lowest BCUT2D eigenvalue weighted by Gasteiger charge is -2.28. The van der Waals surface area contributed by atoms with E-state index in [0.29, 0.717) is 36.5 Å². The zero-order valence-corrected chi connectivity index (χ0v) is 17.4. The van der Waals surface area contributed by atoms with E-state index in [1.165, 1.54) is 11.8 Å². The summed E-state index contributed by atoms with van der Waals surface area (Å²) in [4.78, 5) is 35.6.